The maximum Gasteiger partial charge on any atom is 0.412 e. The second kappa shape index (κ2) is 11.0. The number of anilines is 1. The van der Waals surface area contributed by atoms with Gasteiger partial charge in [0.05, 0.1) is 13.2 Å². The van der Waals surface area contributed by atoms with Crippen molar-refractivity contribution < 1.29 is 48.7 Å². The van der Waals surface area contributed by atoms with E-state index in [1.54, 1.807) is 0 Å². The molecule has 2 rings (SSSR count). The molecule has 0 aromatic carbocycles. The number of carbonyl (C=O) groups is 3. The van der Waals surface area contributed by atoms with Crippen LogP contribution in [0.15, 0.2) is 17.1 Å². The normalized spacial score (nSPS) is 25.1. The van der Waals surface area contributed by atoms with E-state index < -0.39 is 60.8 Å². The van der Waals surface area contributed by atoms with E-state index in [4.69, 9.17) is 14.2 Å². The average molecular weight is 474 g/mol. The van der Waals surface area contributed by atoms with Crippen molar-refractivity contribution in [3.8, 4) is 0 Å². The Morgan fingerprint density at radius 1 is 1.33 bits per heavy atom. The van der Waals surface area contributed by atoms with Gasteiger partial charge in [-0.05, 0) is 13.0 Å². The number of carbonyl (C=O) groups excluding carboxylic acids is 3. The number of rotatable bonds is 8. The molecule has 1 saturated heterocycles. The molecule has 5 N–H and O–H groups in total. The lowest BCUT2D eigenvalue weighted by molar-refractivity contribution is -0.162. The molecule has 0 radical (unpaired) electrons. The van der Waals surface area contributed by atoms with E-state index in [0.717, 1.165) is 11.5 Å². The van der Waals surface area contributed by atoms with Gasteiger partial charge >= 0.3 is 23.8 Å². The zero-order valence-electron chi connectivity index (χ0n) is 18.1. The highest BCUT2D eigenvalue weighted by molar-refractivity contribution is 5.83. The van der Waals surface area contributed by atoms with Crippen molar-refractivity contribution in [1.29, 1.82) is 0 Å². The summed E-state index contributed by atoms with van der Waals surface area (Å²) in [6.45, 7) is 2.81. The number of aliphatic hydroxyl groups is 3. The topological polar surface area (TPSA) is 208 Å². The largest absolute Gasteiger partial charge is 0.447 e. The molecule has 0 aliphatic carbocycles. The Labute approximate surface area is 187 Å². The van der Waals surface area contributed by atoms with Crippen LogP contribution in [-0.4, -0.2) is 86.9 Å². The van der Waals surface area contributed by atoms with E-state index in [1.165, 1.54) is 26.1 Å². The van der Waals surface area contributed by atoms with Gasteiger partial charge in [-0.25, -0.2) is 14.4 Å². The van der Waals surface area contributed by atoms with Crippen molar-refractivity contribution in [3.63, 3.8) is 0 Å². The van der Waals surface area contributed by atoms with Crippen LogP contribution in [-0.2, 0) is 23.7 Å². The molecule has 1 fully saturated rings. The molecule has 1 aliphatic rings. The first kappa shape index (κ1) is 26.0. The summed E-state index contributed by atoms with van der Waals surface area (Å²) in [4.78, 5) is 50.0. The number of ether oxygens (including phenoxy) is 4. The molecule has 184 valence electrons. The van der Waals surface area contributed by atoms with Gasteiger partial charge in [0.2, 0.25) is 6.29 Å². The standard InChI is InChI=1S/C18H26N4O11/c1-9(24)31-10(2)32-16(27)19-5-7-30-17(28)21-12-4-6-22(15(26)20-12)14-18(3,29)13(25)11(8-23)33-14/h4,6,10-11,13-14,23,25,29H,5,7-8H2,1-3H3,(H,19,27)(H,20,21,26,28)/t10?,11-,13-,14-,18-/m1/s1. The van der Waals surface area contributed by atoms with Gasteiger partial charge in [0, 0.05) is 20.0 Å². The highest BCUT2D eigenvalue weighted by atomic mass is 16.7. The Kier molecular flexibility index (Phi) is 8.69. The molecule has 2 heterocycles. The fraction of sp³-hybridized carbons (Fsp3) is 0.611. The fourth-order valence-electron chi connectivity index (χ4n) is 2.94. The van der Waals surface area contributed by atoms with Crippen LogP contribution < -0.4 is 16.3 Å². The van der Waals surface area contributed by atoms with Crippen molar-refractivity contribution in [1.82, 2.24) is 14.9 Å². The Hall–Kier alpha value is -3.27. The maximum atomic E-state index is 12.3. The van der Waals surface area contributed by atoms with Crippen LogP contribution in [0.2, 0.25) is 0 Å². The SMILES string of the molecule is CC(=O)OC(C)OC(=O)NCCOC(=O)Nc1ccn([C@@H]2O[C@H](CO)[C@@H](O)[C@@]2(C)O)c(=O)n1. The third-order valence-corrected chi connectivity index (χ3v) is 4.46. The number of aliphatic hydroxyl groups excluding tert-OH is 2. The smallest absolute Gasteiger partial charge is 0.412 e. The van der Waals surface area contributed by atoms with Crippen LogP contribution in [0.3, 0.4) is 0 Å². The molecule has 33 heavy (non-hydrogen) atoms. The molecule has 2 amide bonds. The van der Waals surface area contributed by atoms with Gasteiger partial charge in [-0.2, -0.15) is 4.98 Å². The minimum atomic E-state index is -1.88. The van der Waals surface area contributed by atoms with E-state index >= 15 is 0 Å². The fourth-order valence-corrected chi connectivity index (χ4v) is 2.94. The number of esters is 1. The molecule has 15 nitrogen and oxygen atoms in total. The second-order valence-electron chi connectivity index (χ2n) is 7.15. The molecule has 15 heteroatoms. The molecule has 1 aromatic heterocycles. The average Bonchev–Trinajstić information content (AvgIpc) is 2.94. The molecule has 0 saturated carbocycles. The van der Waals surface area contributed by atoms with Crippen LogP contribution >= 0.6 is 0 Å². The number of nitrogens with zero attached hydrogens (tertiary/aromatic N) is 2. The first-order chi connectivity index (χ1) is 15.4. The molecular formula is C18H26N4O11. The minimum absolute atomic E-state index is 0.115. The van der Waals surface area contributed by atoms with Crippen molar-refractivity contribution in [2.45, 2.75) is 51.1 Å². The lowest BCUT2D eigenvalue weighted by Crippen LogP contribution is -2.46. The highest BCUT2D eigenvalue weighted by Crippen LogP contribution is 2.37. The van der Waals surface area contributed by atoms with E-state index in [9.17, 15) is 34.5 Å². The van der Waals surface area contributed by atoms with Gasteiger partial charge < -0.3 is 39.6 Å². The molecule has 0 bridgehead atoms. The zero-order chi connectivity index (χ0) is 24.8. The predicted octanol–water partition coefficient (Wildman–Crippen LogP) is -1.57. The number of hydrogen-bond acceptors (Lipinski definition) is 12. The van der Waals surface area contributed by atoms with Crippen LogP contribution in [0.4, 0.5) is 15.4 Å². The summed E-state index contributed by atoms with van der Waals surface area (Å²) in [6.07, 6.45) is -5.63. The van der Waals surface area contributed by atoms with Gasteiger partial charge in [-0.3, -0.25) is 14.7 Å². The third-order valence-electron chi connectivity index (χ3n) is 4.46. The van der Waals surface area contributed by atoms with Crippen LogP contribution in [0.25, 0.3) is 0 Å². The number of alkyl carbamates (subject to hydrolysis) is 1. The van der Waals surface area contributed by atoms with E-state index in [0.29, 0.717) is 0 Å². The van der Waals surface area contributed by atoms with E-state index in [1.807, 2.05) is 0 Å². The number of amides is 2. The van der Waals surface area contributed by atoms with Gasteiger partial charge in [0.25, 0.3) is 0 Å². The monoisotopic (exact) mass is 474 g/mol. The summed E-state index contributed by atoms with van der Waals surface area (Å²) in [7, 11) is 0. The van der Waals surface area contributed by atoms with Gasteiger partial charge in [0.15, 0.2) is 6.23 Å². The van der Waals surface area contributed by atoms with Gasteiger partial charge in [-0.1, -0.05) is 0 Å². The van der Waals surface area contributed by atoms with Crippen LogP contribution in [0.5, 0.6) is 0 Å². The molecule has 0 spiro atoms. The summed E-state index contributed by atoms with van der Waals surface area (Å²) in [6, 6.07) is 1.23. The lowest BCUT2D eigenvalue weighted by atomic mass is 9.96. The quantitative estimate of drug-likeness (QED) is 0.164. The van der Waals surface area contributed by atoms with E-state index in [-0.39, 0.29) is 19.0 Å². The first-order valence-electron chi connectivity index (χ1n) is 9.77. The van der Waals surface area contributed by atoms with Gasteiger partial charge in [-0.15, -0.1) is 0 Å². The zero-order valence-corrected chi connectivity index (χ0v) is 18.1. The van der Waals surface area contributed by atoms with Gasteiger partial charge in [0.1, 0.15) is 30.2 Å². The van der Waals surface area contributed by atoms with Crippen molar-refractivity contribution in [2.75, 3.05) is 25.1 Å². The molecule has 5 atom stereocenters. The Balaban J connectivity index is 1.83. The van der Waals surface area contributed by atoms with Crippen LogP contribution in [0, 0.1) is 0 Å². The Morgan fingerprint density at radius 3 is 2.61 bits per heavy atom. The van der Waals surface area contributed by atoms with Crippen molar-refractivity contribution >= 4 is 24.0 Å². The maximum absolute atomic E-state index is 12.3. The van der Waals surface area contributed by atoms with E-state index in [2.05, 4.69) is 20.4 Å². The van der Waals surface area contributed by atoms with Crippen LogP contribution in [0.1, 0.15) is 27.0 Å². The summed E-state index contributed by atoms with van der Waals surface area (Å²) in [5.74, 6) is -0.787. The van der Waals surface area contributed by atoms with Crippen molar-refractivity contribution in [3.05, 3.63) is 22.7 Å². The van der Waals surface area contributed by atoms with Crippen molar-refractivity contribution in [2.24, 2.45) is 0 Å². The summed E-state index contributed by atoms with van der Waals surface area (Å²) in [5, 5.41) is 34.2. The third kappa shape index (κ3) is 6.85. The molecular weight excluding hydrogens is 448 g/mol. The summed E-state index contributed by atoms with van der Waals surface area (Å²) < 4.78 is 20.4. The summed E-state index contributed by atoms with van der Waals surface area (Å²) in [5.41, 5.74) is -2.79. The summed E-state index contributed by atoms with van der Waals surface area (Å²) >= 11 is 0. The minimum Gasteiger partial charge on any atom is -0.447 e. The molecule has 1 aliphatic heterocycles. The molecule has 1 aromatic rings. The Morgan fingerprint density at radius 2 is 2.03 bits per heavy atom. The first-order valence-corrected chi connectivity index (χ1v) is 9.77. The highest BCUT2D eigenvalue weighted by Gasteiger charge is 2.53. The predicted molar refractivity (Wildman–Crippen MR) is 107 cm³/mol. The molecule has 1 unspecified atom stereocenters. The second-order valence-corrected chi connectivity index (χ2v) is 7.15. The Bertz CT molecular complexity index is 919. The number of hydrogen-bond donors (Lipinski definition) is 5. The number of nitrogens with one attached hydrogen (secondary N) is 2. The lowest BCUT2D eigenvalue weighted by Gasteiger charge is -2.27. The number of aromatic nitrogens is 2.